The van der Waals surface area contributed by atoms with Crippen LogP contribution in [0.5, 0.6) is 5.75 Å². The van der Waals surface area contributed by atoms with Crippen LogP contribution >= 0.6 is 0 Å². The first-order chi connectivity index (χ1) is 10.9. The van der Waals surface area contributed by atoms with Crippen molar-refractivity contribution >= 4 is 6.34 Å². The zero-order valence-corrected chi connectivity index (χ0v) is 14.6. The summed E-state index contributed by atoms with van der Waals surface area (Å²) < 4.78 is 6.07. The van der Waals surface area contributed by atoms with Gasteiger partial charge in [0.05, 0.1) is 6.34 Å². The highest BCUT2D eigenvalue weighted by Crippen LogP contribution is 2.25. The van der Waals surface area contributed by atoms with Gasteiger partial charge >= 0.3 is 0 Å². The molecular formula is C19H29N3O. The number of nitrogens with zero attached hydrogens (tertiary/aromatic N) is 2. The van der Waals surface area contributed by atoms with Crippen LogP contribution < -0.4 is 10.5 Å². The summed E-state index contributed by atoms with van der Waals surface area (Å²) in [5.74, 6) is 1.82. The molecule has 126 valence electrons. The van der Waals surface area contributed by atoms with Crippen LogP contribution in [0.25, 0.3) is 0 Å². The quantitative estimate of drug-likeness (QED) is 0.430. The molecule has 0 aromatic heterocycles. The van der Waals surface area contributed by atoms with E-state index >= 15 is 0 Å². The minimum Gasteiger partial charge on any atom is -0.486 e. The SMILES string of the molecule is C=CC(Oc1ccccc1)[C@H](C)[C@H](C)[C@H](C)N(C)C=NC(=C)N. The van der Waals surface area contributed by atoms with Gasteiger partial charge in [0, 0.05) is 19.0 Å². The second-order valence-corrected chi connectivity index (χ2v) is 5.99. The van der Waals surface area contributed by atoms with E-state index in [-0.39, 0.29) is 12.1 Å². The van der Waals surface area contributed by atoms with Crippen molar-refractivity contribution in [2.24, 2.45) is 22.6 Å². The normalized spacial score (nSPS) is 16.3. The molecule has 0 spiro atoms. The van der Waals surface area contributed by atoms with Crippen molar-refractivity contribution in [2.75, 3.05) is 7.05 Å². The Morgan fingerprint density at radius 1 is 1.22 bits per heavy atom. The van der Waals surface area contributed by atoms with E-state index in [1.807, 2.05) is 48.4 Å². The van der Waals surface area contributed by atoms with Crippen LogP contribution in [-0.2, 0) is 0 Å². The minimum atomic E-state index is -0.0512. The smallest absolute Gasteiger partial charge is 0.120 e. The zero-order valence-electron chi connectivity index (χ0n) is 14.6. The van der Waals surface area contributed by atoms with E-state index in [1.54, 1.807) is 6.34 Å². The summed E-state index contributed by atoms with van der Waals surface area (Å²) in [6.07, 6.45) is 3.54. The van der Waals surface area contributed by atoms with Gasteiger partial charge in [-0.15, -0.1) is 0 Å². The maximum atomic E-state index is 6.07. The van der Waals surface area contributed by atoms with Crippen LogP contribution in [-0.4, -0.2) is 30.4 Å². The molecule has 0 fully saturated rings. The summed E-state index contributed by atoms with van der Waals surface area (Å²) in [5.41, 5.74) is 5.48. The topological polar surface area (TPSA) is 50.8 Å². The van der Waals surface area contributed by atoms with Crippen molar-refractivity contribution in [3.8, 4) is 5.75 Å². The highest BCUT2D eigenvalue weighted by atomic mass is 16.5. The third kappa shape index (κ3) is 5.81. The van der Waals surface area contributed by atoms with Gasteiger partial charge in [0.2, 0.25) is 0 Å². The Morgan fingerprint density at radius 2 is 1.83 bits per heavy atom. The predicted molar refractivity (Wildman–Crippen MR) is 98.4 cm³/mol. The summed E-state index contributed by atoms with van der Waals surface area (Å²) in [6, 6.07) is 10.1. The number of hydrogen-bond acceptors (Lipinski definition) is 3. The molecule has 2 N–H and O–H groups in total. The molecule has 4 nitrogen and oxygen atoms in total. The number of aliphatic imine (C=N–C) groups is 1. The number of benzene rings is 1. The summed E-state index contributed by atoms with van der Waals surface area (Å²) in [7, 11) is 1.99. The molecule has 0 amide bonds. The molecule has 23 heavy (non-hydrogen) atoms. The van der Waals surface area contributed by atoms with Crippen molar-refractivity contribution in [3.05, 3.63) is 55.4 Å². The van der Waals surface area contributed by atoms with Gasteiger partial charge in [0.25, 0.3) is 0 Å². The van der Waals surface area contributed by atoms with E-state index in [4.69, 9.17) is 10.5 Å². The Bertz CT molecular complexity index is 527. The third-order valence-electron chi connectivity index (χ3n) is 4.40. The van der Waals surface area contributed by atoms with Gasteiger partial charge < -0.3 is 15.4 Å². The maximum absolute atomic E-state index is 6.07. The Kier molecular flexibility index (Phi) is 7.39. The number of hydrogen-bond donors (Lipinski definition) is 1. The van der Waals surface area contributed by atoms with Crippen molar-refractivity contribution in [3.63, 3.8) is 0 Å². The van der Waals surface area contributed by atoms with E-state index in [9.17, 15) is 0 Å². The number of rotatable bonds is 9. The fourth-order valence-corrected chi connectivity index (χ4v) is 2.41. The molecule has 0 bridgehead atoms. The summed E-state index contributed by atoms with van der Waals surface area (Å²) >= 11 is 0. The van der Waals surface area contributed by atoms with Crippen molar-refractivity contribution in [2.45, 2.75) is 32.9 Å². The Balaban J connectivity index is 2.73. The molecule has 0 saturated heterocycles. The Hall–Kier alpha value is -2.23. The molecule has 1 aromatic rings. The third-order valence-corrected chi connectivity index (χ3v) is 4.40. The molecule has 1 aromatic carbocycles. The number of nitrogens with two attached hydrogens (primary N) is 1. The maximum Gasteiger partial charge on any atom is 0.120 e. The van der Waals surface area contributed by atoms with E-state index in [1.165, 1.54) is 0 Å². The lowest BCUT2D eigenvalue weighted by atomic mass is 9.85. The average Bonchev–Trinajstić information content (AvgIpc) is 2.56. The van der Waals surface area contributed by atoms with Crippen molar-refractivity contribution < 1.29 is 4.74 Å². The van der Waals surface area contributed by atoms with Gasteiger partial charge in [-0.05, 0) is 25.0 Å². The standard InChI is InChI=1S/C19H29N3O/c1-7-19(23-18-11-9-8-10-12-18)15(3)14(2)16(4)22(6)13-21-17(5)20/h7-16,19H,1,5,20H2,2-4,6H3/t14-,15+,16-,19?/m0/s1. The van der Waals surface area contributed by atoms with Crippen LogP contribution in [0.3, 0.4) is 0 Å². The van der Waals surface area contributed by atoms with Crippen LogP contribution in [0.15, 0.2) is 60.4 Å². The lowest BCUT2D eigenvalue weighted by Crippen LogP contribution is -2.40. The molecule has 4 heteroatoms. The van der Waals surface area contributed by atoms with Gasteiger partial charge in [0.1, 0.15) is 17.7 Å². The van der Waals surface area contributed by atoms with E-state index in [0.29, 0.717) is 17.7 Å². The molecular weight excluding hydrogens is 286 g/mol. The first kappa shape index (κ1) is 18.8. The highest BCUT2D eigenvalue weighted by molar-refractivity contribution is 5.56. The van der Waals surface area contributed by atoms with E-state index in [2.05, 4.69) is 38.9 Å². The lowest BCUT2D eigenvalue weighted by molar-refractivity contribution is 0.119. The zero-order chi connectivity index (χ0) is 17.4. The number of para-hydroxylation sites is 1. The summed E-state index contributed by atoms with van der Waals surface area (Å²) in [6.45, 7) is 14.1. The number of ether oxygens (including phenoxy) is 1. The molecule has 0 radical (unpaired) electrons. The summed E-state index contributed by atoms with van der Waals surface area (Å²) in [5, 5.41) is 0. The Labute approximate surface area is 140 Å². The van der Waals surface area contributed by atoms with Gasteiger partial charge in [-0.1, -0.05) is 51.3 Å². The fourth-order valence-electron chi connectivity index (χ4n) is 2.41. The second kappa shape index (κ2) is 9.03. The van der Waals surface area contributed by atoms with Crippen LogP contribution in [0.2, 0.25) is 0 Å². The lowest BCUT2D eigenvalue weighted by Gasteiger charge is -2.35. The van der Waals surface area contributed by atoms with Gasteiger partial charge in [-0.2, -0.15) is 0 Å². The van der Waals surface area contributed by atoms with Gasteiger partial charge in [-0.25, -0.2) is 4.99 Å². The monoisotopic (exact) mass is 315 g/mol. The first-order valence-corrected chi connectivity index (χ1v) is 7.91. The van der Waals surface area contributed by atoms with Gasteiger partial charge in [-0.3, -0.25) is 0 Å². The Morgan fingerprint density at radius 3 is 2.35 bits per heavy atom. The van der Waals surface area contributed by atoms with Gasteiger partial charge in [0.15, 0.2) is 0 Å². The highest BCUT2D eigenvalue weighted by Gasteiger charge is 2.27. The molecule has 0 heterocycles. The van der Waals surface area contributed by atoms with E-state index in [0.717, 1.165) is 5.75 Å². The molecule has 0 aliphatic heterocycles. The molecule has 4 atom stereocenters. The molecule has 0 aliphatic rings. The second-order valence-electron chi connectivity index (χ2n) is 5.99. The molecule has 0 aliphatic carbocycles. The van der Waals surface area contributed by atoms with Crippen LogP contribution in [0.4, 0.5) is 0 Å². The molecule has 1 rings (SSSR count). The largest absolute Gasteiger partial charge is 0.486 e. The first-order valence-electron chi connectivity index (χ1n) is 7.91. The molecule has 0 saturated carbocycles. The average molecular weight is 315 g/mol. The minimum absolute atomic E-state index is 0.0512. The van der Waals surface area contributed by atoms with Crippen molar-refractivity contribution in [1.82, 2.24) is 4.90 Å². The predicted octanol–water partition coefficient (Wildman–Crippen LogP) is 3.67. The summed E-state index contributed by atoms with van der Waals surface area (Å²) in [4.78, 5) is 6.10. The van der Waals surface area contributed by atoms with Crippen LogP contribution in [0.1, 0.15) is 20.8 Å². The van der Waals surface area contributed by atoms with Crippen molar-refractivity contribution in [1.29, 1.82) is 0 Å². The van der Waals surface area contributed by atoms with Crippen LogP contribution in [0, 0.1) is 11.8 Å². The van der Waals surface area contributed by atoms with E-state index < -0.39 is 0 Å². The fraction of sp³-hybridized carbons (Fsp3) is 0.421. The molecule has 1 unspecified atom stereocenters.